The monoisotopic (exact) mass is 364 g/mol. The Morgan fingerprint density at radius 3 is 2.89 bits per heavy atom. The summed E-state index contributed by atoms with van der Waals surface area (Å²) in [7, 11) is 1.56. The van der Waals surface area contributed by atoms with E-state index in [9.17, 15) is 4.79 Å². The maximum absolute atomic E-state index is 12.5. The zero-order valence-corrected chi connectivity index (χ0v) is 14.0. The number of ether oxygens (including phenoxy) is 1. The summed E-state index contributed by atoms with van der Waals surface area (Å²) in [5.41, 5.74) is 1.66. The van der Waals surface area contributed by atoms with E-state index in [-0.39, 0.29) is 11.7 Å². The lowest BCUT2D eigenvalue weighted by atomic mass is 10.3. The van der Waals surface area contributed by atoms with Crippen LogP contribution in [0.2, 0.25) is 0 Å². The van der Waals surface area contributed by atoms with E-state index in [1.165, 1.54) is 35.9 Å². The van der Waals surface area contributed by atoms with Crippen molar-refractivity contribution >= 4 is 11.9 Å². The molecule has 0 spiro atoms. The molecule has 0 aliphatic carbocycles. The number of hydrogen-bond donors (Lipinski definition) is 1. The van der Waals surface area contributed by atoms with Crippen LogP contribution in [0.1, 0.15) is 10.5 Å². The molecule has 0 aliphatic rings. The molecule has 0 radical (unpaired) electrons. The van der Waals surface area contributed by atoms with Gasteiger partial charge in [0, 0.05) is 12.3 Å². The second-order valence-electron chi connectivity index (χ2n) is 5.20. The molecule has 1 amide bonds. The number of anilines is 1. The normalized spacial score (nSPS) is 10.6. The van der Waals surface area contributed by atoms with Crippen LogP contribution < -0.4 is 10.1 Å². The molecule has 4 rings (SSSR count). The molecule has 0 fully saturated rings. The van der Waals surface area contributed by atoms with Crippen molar-refractivity contribution in [1.82, 2.24) is 34.9 Å². The van der Waals surface area contributed by atoms with Gasteiger partial charge in [0.25, 0.3) is 5.91 Å². The minimum Gasteiger partial charge on any atom is -0.497 e. The average Bonchev–Trinajstić information content (AvgIpc) is 3.38. The Labute approximate surface area is 152 Å². The Hall–Kier alpha value is -4.15. The van der Waals surface area contributed by atoms with Crippen LogP contribution in [0.3, 0.4) is 0 Å². The van der Waals surface area contributed by atoms with E-state index in [2.05, 4.69) is 35.6 Å². The van der Waals surface area contributed by atoms with E-state index >= 15 is 0 Å². The van der Waals surface area contributed by atoms with E-state index in [1.807, 2.05) is 0 Å². The first-order chi connectivity index (χ1) is 13.2. The Morgan fingerprint density at radius 2 is 2.07 bits per heavy atom. The fourth-order valence-corrected chi connectivity index (χ4v) is 2.27. The predicted octanol–water partition coefficient (Wildman–Crippen LogP) is 1.37. The summed E-state index contributed by atoms with van der Waals surface area (Å²) in [4.78, 5) is 28.7. The smallest absolute Gasteiger partial charge is 0.302 e. The first kappa shape index (κ1) is 16.3. The van der Waals surface area contributed by atoms with Crippen molar-refractivity contribution in [1.29, 1.82) is 0 Å². The molecule has 0 saturated carbocycles. The van der Waals surface area contributed by atoms with Crippen LogP contribution in [0.4, 0.5) is 6.01 Å². The molecule has 0 saturated heterocycles. The molecule has 0 aliphatic heterocycles. The quantitative estimate of drug-likeness (QED) is 0.557. The maximum Gasteiger partial charge on any atom is 0.302 e. The minimum atomic E-state index is -0.504. The summed E-state index contributed by atoms with van der Waals surface area (Å²) in [6.07, 6.45) is 8.69. The second kappa shape index (κ2) is 7.00. The third kappa shape index (κ3) is 3.33. The summed E-state index contributed by atoms with van der Waals surface area (Å²) < 4.78 is 11.8. The van der Waals surface area contributed by atoms with Gasteiger partial charge in [0.05, 0.1) is 31.4 Å². The molecule has 0 unspecified atom stereocenters. The number of nitrogens with one attached hydrogen (secondary N) is 1. The zero-order valence-electron chi connectivity index (χ0n) is 14.0. The predicted molar refractivity (Wildman–Crippen MR) is 91.2 cm³/mol. The van der Waals surface area contributed by atoms with Gasteiger partial charge in [0.15, 0.2) is 5.69 Å². The van der Waals surface area contributed by atoms with Crippen molar-refractivity contribution in [2.24, 2.45) is 0 Å². The van der Waals surface area contributed by atoms with Gasteiger partial charge >= 0.3 is 6.01 Å². The lowest BCUT2D eigenvalue weighted by molar-refractivity contribution is 0.101. The molecule has 27 heavy (non-hydrogen) atoms. The maximum atomic E-state index is 12.5. The lowest BCUT2D eigenvalue weighted by Gasteiger charge is -2.04. The Morgan fingerprint density at radius 1 is 1.22 bits per heavy atom. The molecule has 11 nitrogen and oxygen atoms in total. The second-order valence-corrected chi connectivity index (χ2v) is 5.20. The number of methoxy groups -OCH3 is 1. The summed E-state index contributed by atoms with van der Waals surface area (Å²) in [6.45, 7) is 0. The highest BCUT2D eigenvalue weighted by Gasteiger charge is 2.18. The van der Waals surface area contributed by atoms with Gasteiger partial charge in [-0.05, 0) is 6.07 Å². The molecule has 0 atom stereocenters. The number of aromatic nitrogens is 7. The lowest BCUT2D eigenvalue weighted by Crippen LogP contribution is -2.17. The average molecular weight is 364 g/mol. The number of carbonyl (C=O) groups excluding carboxylic acids is 1. The van der Waals surface area contributed by atoms with Crippen LogP contribution in [0.15, 0.2) is 53.9 Å². The first-order valence-corrected chi connectivity index (χ1v) is 7.68. The molecular formula is C16H12N8O3. The van der Waals surface area contributed by atoms with E-state index in [0.717, 1.165) is 0 Å². The summed E-state index contributed by atoms with van der Waals surface area (Å²) in [5, 5.41) is 10.2. The van der Waals surface area contributed by atoms with Crippen LogP contribution in [0, 0.1) is 0 Å². The van der Waals surface area contributed by atoms with Gasteiger partial charge in [0.2, 0.25) is 0 Å². The van der Waals surface area contributed by atoms with Crippen LogP contribution >= 0.6 is 0 Å². The first-order valence-electron chi connectivity index (χ1n) is 7.68. The van der Waals surface area contributed by atoms with Gasteiger partial charge in [0.1, 0.15) is 29.7 Å². The SMILES string of the molecule is COc1ccnc(-c2coc(NC(=O)c3cnnn3-c3cncnc3)n2)c1. The number of carbonyl (C=O) groups is 1. The van der Waals surface area contributed by atoms with Gasteiger partial charge in [-0.1, -0.05) is 5.21 Å². The highest BCUT2D eigenvalue weighted by molar-refractivity contribution is 6.02. The topological polar surface area (TPSA) is 134 Å². The molecule has 11 heteroatoms. The third-order valence-electron chi connectivity index (χ3n) is 3.53. The molecule has 4 aromatic rings. The fraction of sp³-hybridized carbons (Fsp3) is 0.0625. The molecular weight excluding hydrogens is 352 g/mol. The Bertz CT molecular complexity index is 1080. The number of oxazole rings is 1. The highest BCUT2D eigenvalue weighted by Crippen LogP contribution is 2.22. The molecule has 4 aromatic heterocycles. The number of rotatable bonds is 5. The van der Waals surface area contributed by atoms with Crippen molar-refractivity contribution < 1.29 is 13.9 Å². The standard InChI is InChI=1S/C16H12N8O3/c1-26-11-2-3-19-12(4-11)13-8-27-16(21-13)22-15(25)14-7-20-23-24(14)10-5-17-9-18-6-10/h2-9H,1H3,(H,21,22,25). The van der Waals surface area contributed by atoms with Crippen molar-refractivity contribution in [2.45, 2.75) is 0 Å². The van der Waals surface area contributed by atoms with Crippen LogP contribution in [0.5, 0.6) is 5.75 Å². The van der Waals surface area contributed by atoms with E-state index in [1.54, 1.807) is 25.4 Å². The van der Waals surface area contributed by atoms with Gasteiger partial charge in [-0.25, -0.2) is 14.6 Å². The molecule has 0 aromatic carbocycles. The van der Waals surface area contributed by atoms with Crippen molar-refractivity contribution in [3.63, 3.8) is 0 Å². The third-order valence-corrected chi connectivity index (χ3v) is 3.53. The summed E-state index contributed by atoms with van der Waals surface area (Å²) in [5.74, 6) is 0.129. The molecule has 1 N–H and O–H groups in total. The number of hydrogen-bond acceptors (Lipinski definition) is 9. The van der Waals surface area contributed by atoms with Crippen LogP contribution in [-0.4, -0.2) is 47.9 Å². The number of nitrogens with zero attached hydrogens (tertiary/aromatic N) is 7. The number of amides is 1. The largest absolute Gasteiger partial charge is 0.497 e. The molecule has 0 bridgehead atoms. The Balaban J connectivity index is 1.55. The van der Waals surface area contributed by atoms with E-state index in [4.69, 9.17) is 9.15 Å². The van der Waals surface area contributed by atoms with E-state index < -0.39 is 5.91 Å². The molecule has 4 heterocycles. The molecule has 134 valence electrons. The zero-order chi connectivity index (χ0) is 18.6. The van der Waals surface area contributed by atoms with E-state index in [0.29, 0.717) is 22.8 Å². The van der Waals surface area contributed by atoms with Gasteiger partial charge < -0.3 is 9.15 Å². The van der Waals surface area contributed by atoms with Gasteiger partial charge in [-0.15, -0.1) is 5.10 Å². The van der Waals surface area contributed by atoms with Crippen molar-refractivity contribution in [3.8, 4) is 22.8 Å². The summed E-state index contributed by atoms with van der Waals surface area (Å²) >= 11 is 0. The minimum absolute atomic E-state index is 0.0108. The van der Waals surface area contributed by atoms with Crippen LogP contribution in [0.25, 0.3) is 17.1 Å². The number of pyridine rings is 1. The van der Waals surface area contributed by atoms with Crippen molar-refractivity contribution in [2.75, 3.05) is 12.4 Å². The van der Waals surface area contributed by atoms with Crippen LogP contribution in [-0.2, 0) is 0 Å². The Kier molecular flexibility index (Phi) is 4.23. The summed E-state index contributed by atoms with van der Waals surface area (Å²) in [6, 6.07) is 3.43. The van der Waals surface area contributed by atoms with Gasteiger partial charge in [-0.3, -0.25) is 15.1 Å². The highest BCUT2D eigenvalue weighted by atomic mass is 16.5. The van der Waals surface area contributed by atoms with Crippen molar-refractivity contribution in [3.05, 3.63) is 55.2 Å². The fourth-order valence-electron chi connectivity index (χ4n) is 2.27. The van der Waals surface area contributed by atoms with Gasteiger partial charge in [-0.2, -0.15) is 4.98 Å².